The van der Waals surface area contributed by atoms with Crippen LogP contribution in [-0.4, -0.2) is 36.1 Å². The fraction of sp³-hybridized carbons (Fsp3) is 1.00. The van der Waals surface area contributed by atoms with Crippen LogP contribution in [0.25, 0.3) is 0 Å². The highest BCUT2D eigenvalue weighted by Gasteiger charge is 1.91. The number of hydrogen-bond donors (Lipinski definition) is 2. The molecule has 0 aromatic rings. The molecule has 0 aliphatic carbocycles. The summed E-state index contributed by atoms with van der Waals surface area (Å²) in [6.07, 6.45) is 1.88. The predicted octanol–water partition coefficient (Wildman–Crippen LogP) is 1.82. The monoisotopic (exact) mass is 206 g/mol. The molecule has 3 nitrogen and oxygen atoms in total. The van der Waals surface area contributed by atoms with Crippen molar-refractivity contribution in [3.63, 3.8) is 0 Å². The van der Waals surface area contributed by atoms with Crippen LogP contribution in [0.2, 0.25) is 0 Å². The first-order valence-electron chi connectivity index (χ1n) is 5.41. The van der Waals surface area contributed by atoms with E-state index in [2.05, 4.69) is 20.8 Å². The highest BCUT2D eigenvalue weighted by atomic mass is 16.5. The first-order chi connectivity index (χ1) is 6.54. The highest BCUT2D eigenvalue weighted by molar-refractivity contribution is 4.39. The molecular weight excluding hydrogens is 180 g/mol. The van der Waals surface area contributed by atoms with Gasteiger partial charge in [-0.15, -0.1) is 0 Å². The van der Waals surface area contributed by atoms with E-state index in [1.54, 1.807) is 0 Å². The van der Waals surface area contributed by atoms with Crippen LogP contribution in [0.15, 0.2) is 0 Å². The van der Waals surface area contributed by atoms with Crippen LogP contribution < -0.4 is 0 Å². The lowest BCUT2D eigenvalue weighted by atomic mass is 10.2. The third-order valence-corrected chi connectivity index (χ3v) is 1.36. The summed E-state index contributed by atoms with van der Waals surface area (Å²) in [5.41, 5.74) is 0. The molecule has 0 aromatic heterocycles. The molecular formula is C11H26O3. The minimum atomic E-state index is -0.560. The second kappa shape index (κ2) is 12.9. The van der Waals surface area contributed by atoms with Crippen LogP contribution in [0, 0.1) is 5.92 Å². The zero-order valence-electron chi connectivity index (χ0n) is 9.99. The number of rotatable bonds is 6. The van der Waals surface area contributed by atoms with Gasteiger partial charge < -0.3 is 14.9 Å². The molecule has 0 aliphatic rings. The van der Waals surface area contributed by atoms with Crippen LogP contribution in [0.3, 0.4) is 0 Å². The molecule has 0 saturated carbocycles. The molecule has 0 heterocycles. The zero-order chi connectivity index (χ0) is 11.4. The van der Waals surface area contributed by atoms with Crippen LogP contribution in [-0.2, 0) is 4.74 Å². The maximum Gasteiger partial charge on any atom is 0.0742 e. The lowest BCUT2D eigenvalue weighted by molar-refractivity contribution is 0.107. The quantitative estimate of drug-likeness (QED) is 0.652. The molecule has 3 heteroatoms. The van der Waals surface area contributed by atoms with E-state index in [9.17, 15) is 0 Å². The van der Waals surface area contributed by atoms with Gasteiger partial charge in [-0.25, -0.2) is 0 Å². The molecule has 0 aliphatic heterocycles. The average Bonchev–Trinajstić information content (AvgIpc) is 2.13. The Balaban J connectivity index is 0. The van der Waals surface area contributed by atoms with Crippen molar-refractivity contribution in [3.8, 4) is 0 Å². The molecule has 0 bridgehead atoms. The van der Waals surface area contributed by atoms with Gasteiger partial charge in [-0.2, -0.15) is 0 Å². The molecule has 0 radical (unpaired) electrons. The van der Waals surface area contributed by atoms with Gasteiger partial charge in [0.05, 0.1) is 12.7 Å². The van der Waals surface area contributed by atoms with Crippen molar-refractivity contribution in [3.05, 3.63) is 0 Å². The molecule has 0 fully saturated rings. The second-order valence-corrected chi connectivity index (χ2v) is 3.85. The van der Waals surface area contributed by atoms with Gasteiger partial charge in [-0.05, 0) is 19.3 Å². The Morgan fingerprint density at radius 3 is 2.00 bits per heavy atom. The van der Waals surface area contributed by atoms with Gasteiger partial charge >= 0.3 is 0 Å². The van der Waals surface area contributed by atoms with Gasteiger partial charge in [0.15, 0.2) is 0 Å². The van der Waals surface area contributed by atoms with Crippen molar-refractivity contribution < 1.29 is 14.9 Å². The highest BCUT2D eigenvalue weighted by Crippen LogP contribution is 1.94. The van der Waals surface area contributed by atoms with Crippen LogP contribution in [0.4, 0.5) is 0 Å². The van der Waals surface area contributed by atoms with Crippen LogP contribution in [0.5, 0.6) is 0 Å². The lowest BCUT2D eigenvalue weighted by Gasteiger charge is -2.04. The number of aliphatic hydroxyl groups excluding tert-OH is 2. The SMILES string of the molecule is CC(O)CO.CCCCOCC(C)C. The first-order valence-corrected chi connectivity index (χ1v) is 5.41. The summed E-state index contributed by atoms with van der Waals surface area (Å²) in [6, 6.07) is 0. The van der Waals surface area contributed by atoms with Crippen molar-refractivity contribution in [2.45, 2.75) is 46.6 Å². The van der Waals surface area contributed by atoms with Crippen molar-refractivity contribution in [1.29, 1.82) is 0 Å². The Morgan fingerprint density at radius 1 is 1.21 bits per heavy atom. The number of ether oxygens (including phenoxy) is 1. The molecule has 1 unspecified atom stereocenters. The summed E-state index contributed by atoms with van der Waals surface area (Å²) in [6.45, 7) is 9.77. The Kier molecular flexibility index (Phi) is 15.0. The second-order valence-electron chi connectivity index (χ2n) is 3.85. The maximum absolute atomic E-state index is 8.11. The molecule has 88 valence electrons. The Morgan fingerprint density at radius 2 is 1.71 bits per heavy atom. The molecule has 0 amide bonds. The fourth-order valence-corrected chi connectivity index (χ4v) is 0.565. The summed E-state index contributed by atoms with van der Waals surface area (Å²) in [5.74, 6) is 0.682. The van der Waals surface area contributed by atoms with E-state index < -0.39 is 6.10 Å². The Hall–Kier alpha value is -0.120. The topological polar surface area (TPSA) is 49.7 Å². The maximum atomic E-state index is 8.11. The summed E-state index contributed by atoms with van der Waals surface area (Å²) in [5, 5.41) is 16.0. The summed E-state index contributed by atoms with van der Waals surface area (Å²) in [4.78, 5) is 0. The van der Waals surface area contributed by atoms with Crippen LogP contribution in [0.1, 0.15) is 40.5 Å². The third kappa shape index (κ3) is 22.6. The zero-order valence-corrected chi connectivity index (χ0v) is 9.99. The van der Waals surface area contributed by atoms with Crippen molar-refractivity contribution in [2.75, 3.05) is 19.8 Å². The summed E-state index contributed by atoms with van der Waals surface area (Å²) in [7, 11) is 0. The van der Waals surface area contributed by atoms with Crippen molar-refractivity contribution in [2.24, 2.45) is 5.92 Å². The van der Waals surface area contributed by atoms with Gasteiger partial charge in [0.2, 0.25) is 0 Å². The Labute approximate surface area is 88.1 Å². The lowest BCUT2D eigenvalue weighted by Crippen LogP contribution is -2.03. The van der Waals surface area contributed by atoms with E-state index in [-0.39, 0.29) is 6.61 Å². The van der Waals surface area contributed by atoms with Gasteiger partial charge in [0.25, 0.3) is 0 Å². The number of unbranched alkanes of at least 4 members (excludes halogenated alkanes) is 1. The average molecular weight is 206 g/mol. The predicted molar refractivity (Wildman–Crippen MR) is 59.3 cm³/mol. The molecule has 1 atom stereocenters. The number of hydrogen-bond acceptors (Lipinski definition) is 3. The smallest absolute Gasteiger partial charge is 0.0742 e. The van der Waals surface area contributed by atoms with Gasteiger partial charge in [-0.1, -0.05) is 27.2 Å². The summed E-state index contributed by atoms with van der Waals surface area (Å²) < 4.78 is 5.34. The van der Waals surface area contributed by atoms with Gasteiger partial charge in [0.1, 0.15) is 0 Å². The van der Waals surface area contributed by atoms with Crippen molar-refractivity contribution >= 4 is 0 Å². The molecule has 0 spiro atoms. The van der Waals surface area contributed by atoms with Gasteiger partial charge in [-0.3, -0.25) is 0 Å². The minimum Gasteiger partial charge on any atom is -0.394 e. The van der Waals surface area contributed by atoms with E-state index >= 15 is 0 Å². The standard InChI is InChI=1S/C8H18O.C3H8O2/c1-4-5-6-9-7-8(2)3;1-3(5)2-4/h8H,4-7H2,1-3H3;3-5H,2H2,1H3. The third-order valence-electron chi connectivity index (χ3n) is 1.36. The Bertz CT molecular complexity index is 92.5. The van der Waals surface area contributed by atoms with E-state index in [0.717, 1.165) is 13.2 Å². The molecule has 2 N–H and O–H groups in total. The number of aliphatic hydroxyl groups is 2. The molecule has 0 saturated heterocycles. The van der Waals surface area contributed by atoms with Crippen LogP contribution >= 0.6 is 0 Å². The normalized spacial score (nSPS) is 12.2. The molecule has 14 heavy (non-hydrogen) atoms. The van der Waals surface area contributed by atoms with Crippen molar-refractivity contribution in [1.82, 2.24) is 0 Å². The fourth-order valence-electron chi connectivity index (χ4n) is 0.565. The van der Waals surface area contributed by atoms with E-state index in [0.29, 0.717) is 5.92 Å². The van der Waals surface area contributed by atoms with E-state index in [4.69, 9.17) is 14.9 Å². The molecule has 0 aromatic carbocycles. The van der Waals surface area contributed by atoms with E-state index in [1.807, 2.05) is 0 Å². The first kappa shape index (κ1) is 16.3. The van der Waals surface area contributed by atoms with Gasteiger partial charge in [0, 0.05) is 13.2 Å². The summed E-state index contributed by atoms with van der Waals surface area (Å²) >= 11 is 0. The molecule has 0 rings (SSSR count). The largest absolute Gasteiger partial charge is 0.394 e. The minimum absolute atomic E-state index is 0.139. The van der Waals surface area contributed by atoms with E-state index in [1.165, 1.54) is 19.8 Å².